The van der Waals surface area contributed by atoms with Crippen LogP contribution in [0.4, 0.5) is 0 Å². The number of aromatic amines is 1. The molecule has 0 amide bonds. The molecule has 0 atom stereocenters. The van der Waals surface area contributed by atoms with Gasteiger partial charge in [-0.25, -0.2) is 4.98 Å². The van der Waals surface area contributed by atoms with Crippen LogP contribution in [-0.2, 0) is 6.42 Å². The molecule has 1 N–H and O–H groups in total. The Morgan fingerprint density at radius 1 is 1.05 bits per heavy atom. The molecule has 0 spiro atoms. The van der Waals surface area contributed by atoms with E-state index in [9.17, 15) is 0 Å². The van der Waals surface area contributed by atoms with Crippen molar-refractivity contribution in [2.24, 2.45) is 0 Å². The number of hydrogen-bond acceptors (Lipinski definition) is 2. The van der Waals surface area contributed by atoms with Gasteiger partial charge in [-0.05, 0) is 30.2 Å². The number of benzene rings is 1. The first-order chi connectivity index (χ1) is 9.36. The molecule has 2 heterocycles. The van der Waals surface area contributed by atoms with Gasteiger partial charge in [0, 0.05) is 23.5 Å². The van der Waals surface area contributed by atoms with Crippen molar-refractivity contribution in [2.45, 2.75) is 13.3 Å². The normalized spacial score (nSPS) is 10.6. The van der Waals surface area contributed by atoms with E-state index in [0.29, 0.717) is 0 Å². The summed E-state index contributed by atoms with van der Waals surface area (Å²) in [6, 6.07) is 12.4. The maximum atomic E-state index is 4.45. The summed E-state index contributed by atoms with van der Waals surface area (Å²) in [5, 5.41) is 0. The number of H-pyrrole nitrogens is 1. The molecule has 0 radical (unpaired) electrons. The van der Waals surface area contributed by atoms with Gasteiger partial charge in [-0.1, -0.05) is 25.1 Å². The summed E-state index contributed by atoms with van der Waals surface area (Å²) in [5.74, 6) is 0.897. The van der Waals surface area contributed by atoms with E-state index in [-0.39, 0.29) is 0 Å². The molecule has 0 unspecified atom stereocenters. The molecule has 0 bridgehead atoms. The minimum absolute atomic E-state index is 0.897. The first-order valence-electron chi connectivity index (χ1n) is 6.41. The number of imidazole rings is 1. The number of aromatic nitrogens is 3. The molecule has 0 aliphatic rings. The van der Waals surface area contributed by atoms with Crippen LogP contribution in [-0.4, -0.2) is 15.0 Å². The number of nitrogens with zero attached hydrogens (tertiary/aromatic N) is 2. The third-order valence-corrected chi connectivity index (χ3v) is 3.16. The van der Waals surface area contributed by atoms with Crippen LogP contribution in [0.25, 0.3) is 22.6 Å². The van der Waals surface area contributed by atoms with Gasteiger partial charge >= 0.3 is 0 Å². The number of pyridine rings is 1. The second kappa shape index (κ2) is 5.06. The minimum Gasteiger partial charge on any atom is -0.338 e. The molecule has 3 nitrogen and oxygen atoms in total. The van der Waals surface area contributed by atoms with E-state index in [2.05, 4.69) is 46.1 Å². The predicted molar refractivity (Wildman–Crippen MR) is 76.6 cm³/mol. The molecular formula is C16H15N3. The number of aryl methyl sites for hydroxylation is 1. The van der Waals surface area contributed by atoms with Crippen LogP contribution in [0.3, 0.4) is 0 Å². The molecule has 3 aromatic rings. The highest BCUT2D eigenvalue weighted by molar-refractivity contribution is 5.64. The smallest absolute Gasteiger partial charge is 0.137 e. The molecule has 2 aromatic heterocycles. The van der Waals surface area contributed by atoms with Crippen LogP contribution >= 0.6 is 0 Å². The van der Waals surface area contributed by atoms with Crippen LogP contribution in [0.15, 0.2) is 55.0 Å². The summed E-state index contributed by atoms with van der Waals surface area (Å²) in [4.78, 5) is 11.9. The van der Waals surface area contributed by atoms with E-state index in [1.54, 1.807) is 6.20 Å². The standard InChI is InChI=1S/C16H15N3/c1-2-12-5-3-6-13(9-12)16-18-11-15(19-16)14-7-4-8-17-10-14/h3-11H,2H2,1H3,(H,18,19). The quantitative estimate of drug-likeness (QED) is 0.769. The van der Waals surface area contributed by atoms with Gasteiger partial charge in [-0.3, -0.25) is 4.98 Å². The lowest BCUT2D eigenvalue weighted by Crippen LogP contribution is -1.85. The Morgan fingerprint density at radius 2 is 1.95 bits per heavy atom. The maximum absolute atomic E-state index is 4.45. The summed E-state index contributed by atoms with van der Waals surface area (Å²) in [6.45, 7) is 2.16. The van der Waals surface area contributed by atoms with Crippen LogP contribution in [0.1, 0.15) is 12.5 Å². The number of nitrogens with one attached hydrogen (secondary N) is 1. The van der Waals surface area contributed by atoms with Crippen molar-refractivity contribution in [1.29, 1.82) is 0 Å². The highest BCUT2D eigenvalue weighted by Gasteiger charge is 2.05. The zero-order valence-corrected chi connectivity index (χ0v) is 10.8. The van der Waals surface area contributed by atoms with Crippen LogP contribution in [0.2, 0.25) is 0 Å². The fraction of sp³-hybridized carbons (Fsp3) is 0.125. The van der Waals surface area contributed by atoms with Crippen molar-refractivity contribution in [3.05, 3.63) is 60.6 Å². The summed E-state index contributed by atoms with van der Waals surface area (Å²) in [6.07, 6.45) is 6.49. The SMILES string of the molecule is CCc1cccc(-c2ncc(-c3cccnc3)[nH]2)c1. The van der Waals surface area contributed by atoms with Crippen molar-refractivity contribution in [3.63, 3.8) is 0 Å². The summed E-state index contributed by atoms with van der Waals surface area (Å²) >= 11 is 0. The highest BCUT2D eigenvalue weighted by Crippen LogP contribution is 2.22. The maximum Gasteiger partial charge on any atom is 0.137 e. The van der Waals surface area contributed by atoms with E-state index < -0.39 is 0 Å². The summed E-state index contributed by atoms with van der Waals surface area (Å²) < 4.78 is 0. The van der Waals surface area contributed by atoms with Crippen molar-refractivity contribution < 1.29 is 0 Å². The average Bonchev–Trinajstić information content (AvgIpc) is 2.98. The Balaban J connectivity index is 1.97. The fourth-order valence-corrected chi connectivity index (χ4v) is 2.08. The number of rotatable bonds is 3. The molecule has 19 heavy (non-hydrogen) atoms. The van der Waals surface area contributed by atoms with Crippen LogP contribution in [0.5, 0.6) is 0 Å². The summed E-state index contributed by atoms with van der Waals surface area (Å²) in [7, 11) is 0. The van der Waals surface area contributed by atoms with Crippen molar-refractivity contribution in [1.82, 2.24) is 15.0 Å². The molecule has 3 rings (SSSR count). The fourth-order valence-electron chi connectivity index (χ4n) is 2.08. The number of hydrogen-bond donors (Lipinski definition) is 1. The Labute approximate surface area is 112 Å². The molecular weight excluding hydrogens is 234 g/mol. The van der Waals surface area contributed by atoms with Gasteiger partial charge in [0.1, 0.15) is 5.82 Å². The third kappa shape index (κ3) is 2.40. The van der Waals surface area contributed by atoms with Crippen LogP contribution in [0, 0.1) is 0 Å². The lowest BCUT2D eigenvalue weighted by molar-refractivity contribution is 1.14. The van der Waals surface area contributed by atoms with E-state index in [4.69, 9.17) is 0 Å². The zero-order chi connectivity index (χ0) is 13.1. The highest BCUT2D eigenvalue weighted by atomic mass is 14.9. The van der Waals surface area contributed by atoms with Gasteiger partial charge in [0.25, 0.3) is 0 Å². The molecule has 0 saturated carbocycles. The zero-order valence-electron chi connectivity index (χ0n) is 10.8. The van der Waals surface area contributed by atoms with Crippen molar-refractivity contribution >= 4 is 0 Å². The molecule has 0 aliphatic carbocycles. The van der Waals surface area contributed by atoms with E-state index in [1.165, 1.54) is 5.56 Å². The molecule has 0 fully saturated rings. The monoisotopic (exact) mass is 249 g/mol. The Hall–Kier alpha value is -2.42. The first kappa shape index (κ1) is 11.7. The second-order valence-electron chi connectivity index (χ2n) is 4.44. The lowest BCUT2D eigenvalue weighted by Gasteiger charge is -2.00. The van der Waals surface area contributed by atoms with Gasteiger partial charge < -0.3 is 4.98 Å². The van der Waals surface area contributed by atoms with E-state index in [1.807, 2.05) is 24.5 Å². The average molecular weight is 249 g/mol. The van der Waals surface area contributed by atoms with Gasteiger partial charge in [-0.2, -0.15) is 0 Å². The molecule has 3 heteroatoms. The van der Waals surface area contributed by atoms with Crippen molar-refractivity contribution in [3.8, 4) is 22.6 Å². The van der Waals surface area contributed by atoms with Gasteiger partial charge in [0.15, 0.2) is 0 Å². The topological polar surface area (TPSA) is 41.6 Å². The Morgan fingerprint density at radius 3 is 2.74 bits per heavy atom. The Kier molecular flexibility index (Phi) is 3.11. The predicted octanol–water partition coefficient (Wildman–Crippen LogP) is 3.70. The van der Waals surface area contributed by atoms with Gasteiger partial charge in [0.05, 0.1) is 11.9 Å². The minimum atomic E-state index is 0.897. The Bertz CT molecular complexity index is 671. The molecule has 0 saturated heterocycles. The van der Waals surface area contributed by atoms with Crippen molar-refractivity contribution in [2.75, 3.05) is 0 Å². The molecule has 1 aromatic carbocycles. The lowest BCUT2D eigenvalue weighted by atomic mass is 10.1. The van der Waals surface area contributed by atoms with Gasteiger partial charge in [-0.15, -0.1) is 0 Å². The molecule has 0 aliphatic heterocycles. The second-order valence-corrected chi connectivity index (χ2v) is 4.44. The first-order valence-corrected chi connectivity index (χ1v) is 6.41. The van der Waals surface area contributed by atoms with E-state index >= 15 is 0 Å². The van der Waals surface area contributed by atoms with E-state index in [0.717, 1.165) is 29.1 Å². The van der Waals surface area contributed by atoms with Crippen LogP contribution < -0.4 is 0 Å². The third-order valence-electron chi connectivity index (χ3n) is 3.16. The van der Waals surface area contributed by atoms with Gasteiger partial charge in [0.2, 0.25) is 0 Å². The summed E-state index contributed by atoms with van der Waals surface area (Å²) in [5.41, 5.74) is 4.48. The largest absolute Gasteiger partial charge is 0.338 e. The molecule has 94 valence electrons.